The number of hydrogen-bond acceptors (Lipinski definition) is 28. The van der Waals surface area contributed by atoms with Crippen molar-refractivity contribution in [2.24, 2.45) is 94.7 Å². The number of aliphatic imine (C=N–C) groups is 3. The second-order valence-electron chi connectivity index (χ2n) is 33.7. The van der Waals surface area contributed by atoms with Gasteiger partial charge in [0, 0.05) is 132 Å². The number of hydrogen-bond donors (Lipinski definition) is 15. The van der Waals surface area contributed by atoms with E-state index < -0.39 is 173 Å². The van der Waals surface area contributed by atoms with E-state index in [4.69, 9.17) is 96.3 Å². The Morgan fingerprint density at radius 1 is 0.784 bits per heavy atom. The maximum atomic E-state index is 14.4. The second kappa shape index (κ2) is 39.7. The van der Waals surface area contributed by atoms with Crippen molar-refractivity contribution < 1.29 is 108 Å². The van der Waals surface area contributed by atoms with Gasteiger partial charge in [-0.1, -0.05) is 47.1 Å². The van der Waals surface area contributed by atoms with Crippen molar-refractivity contribution in [3.05, 3.63) is 128 Å². The maximum Gasteiger partial charge on any atom is 3.00 e. The number of primary amides is 6. The number of phosphoric acid groups is 1. The Hall–Kier alpha value is -11.6. The second-order valence-corrected chi connectivity index (χ2v) is 35.0. The van der Waals surface area contributed by atoms with Crippen molar-refractivity contribution in [2.45, 2.75) is 214 Å². The van der Waals surface area contributed by atoms with Gasteiger partial charge < -0.3 is 117 Å². The fourth-order valence-electron chi connectivity index (χ4n) is 18.1. The molecule has 6 aliphatic heterocycles. The molecule has 11 rings (SSSR count). The largest absolute Gasteiger partial charge is 3.00 e. The number of carboxylic acid groups (broad SMARTS) is 2. The smallest absolute Gasteiger partial charge is 0.756 e. The number of amides is 8. The number of benzene rings is 2. The maximum absolute atomic E-state index is 14.4. The molecule has 2 fully saturated rings. The number of allylic oxidation sites excluding steroid dienone is 6. The Bertz CT molecular complexity index is 5400. The molecule has 2 aromatic carbocycles. The molecule has 3 aromatic heterocycles. The summed E-state index contributed by atoms with van der Waals surface area (Å²) in [6.45, 7) is 23.9. The molecular formula is C82H107CoN21O20P. The Kier molecular flexibility index (Phi) is 31.4. The van der Waals surface area contributed by atoms with E-state index in [9.17, 15) is 72.4 Å². The number of aliphatic carboxylic acids is 2. The number of phosphoric ester groups is 1. The van der Waals surface area contributed by atoms with Crippen LogP contribution in [0.15, 0.2) is 103 Å². The van der Waals surface area contributed by atoms with Gasteiger partial charge in [0.05, 0.1) is 48.5 Å². The molecule has 16 atom stereocenters. The van der Waals surface area contributed by atoms with Gasteiger partial charge in [0.1, 0.15) is 24.4 Å². The molecule has 8 bridgehead atoms. The zero-order valence-electron chi connectivity index (χ0n) is 71.0. The van der Waals surface area contributed by atoms with E-state index in [2.05, 4.69) is 40.9 Å². The standard InChI is InChI=1S/C62H90N13O14P.C19H19N7O6.CN.Co/c1-29-20-39-40(21-30(29)2)75(28-70-39)57-52(84)53(41(27-76)87-57)89-90(85,86)88-31(3)26-69-49(83)18-19-59(8)37(22-46(66)80)56-62(11)61(10,25-48(68)82)36(14-17-45(65)79)51(74-62)33(5)55-60(9,24-47(67)81)34(12-15-43(63)77)38(71-55)23-42-58(6,7)35(13-16-44(64)78)50(72-42)32(4)54(59)73-56;20-19-25-15-14(17(30)26-19)23-11(8-22-15)7-21-10-3-1-9(2-4-10)16(29)24-12(18(31)32)5-6-13(27)28;1-2;/h20-21,23,28,31,34-37,41,52-53,56-57,76,84H,12-19,22,24-27H2,1-11H3,(H15,63,64,65,66,67,68,69,71,72,73,74,77,78,79,80,81,82,83,85,86);1-4,8,12,21H,5-7H2,(H,24,29)(H,27,28)(H,31,32)(H3,20,22,25,26,30);;/q;;-1;+3/p-2/t31?,34-,35-,36-,37+,41-,52-,53-,56-,57+,59-,60+,61+,62+;12-;;/m10../s1. The van der Waals surface area contributed by atoms with Crippen LogP contribution in [0, 0.1) is 71.0 Å². The SMILES string of the molecule is C/C1=C2N=C(/C=C3N=C(/C(C)=C4\[N-][C@@](C)([C@@H]5N=C1[C@](C)(CCC(=O)NCC(C)OP(=O)([O-])O[C@H]1[C@@H](O)[C@@H](n6cnc7cc(C)c(C)cc76)O[C@@H]1CO)[C@H]5CC(N)=O)[C@@](C)(CC(N)=O)[C@@H]4CCC(N)=O)[C@@](C)(CC(N)=O)[C@@H]\3CCC(N)=O)C(C)(C)[C@@H]/2CCC(N)=O.Nc1nc2ncc(CNc3ccc(C(=O)N[C@@H](CCC(=O)O)C(=O)O)cc3)nc2c(=O)[nH]1.[C-]#N.[Co+3]. The van der Waals surface area contributed by atoms with Crippen LogP contribution in [-0.4, -0.2) is 181 Å². The summed E-state index contributed by atoms with van der Waals surface area (Å²) in [6.07, 6.45) is -3.95. The summed E-state index contributed by atoms with van der Waals surface area (Å²) in [5.41, 5.74) is 43.1. The number of aromatic nitrogens is 6. The van der Waals surface area contributed by atoms with E-state index in [1.165, 1.54) is 36.1 Å². The van der Waals surface area contributed by atoms with Crippen molar-refractivity contribution in [1.29, 1.82) is 5.26 Å². The Morgan fingerprint density at radius 3 is 1.99 bits per heavy atom. The van der Waals surface area contributed by atoms with Gasteiger partial charge in [0.25, 0.3) is 19.3 Å². The van der Waals surface area contributed by atoms with Crippen molar-refractivity contribution in [3.63, 3.8) is 0 Å². The average Bonchev–Trinajstić information content (AvgIpc) is 1.52. The third-order valence-electron chi connectivity index (χ3n) is 24.8. The van der Waals surface area contributed by atoms with Gasteiger partial charge in [0.2, 0.25) is 47.3 Å². The normalized spacial score (nSPS) is 27.6. The van der Waals surface area contributed by atoms with Gasteiger partial charge in [-0.2, -0.15) is 10.7 Å². The van der Waals surface area contributed by atoms with E-state index in [1.54, 1.807) is 19.1 Å². The molecule has 2 saturated heterocycles. The van der Waals surface area contributed by atoms with Crippen LogP contribution in [-0.2, 0) is 84.8 Å². The zero-order valence-corrected chi connectivity index (χ0v) is 72.9. The number of rotatable bonds is 35. The molecule has 9 heterocycles. The Balaban J connectivity index is 0.000000461. The number of carboxylic acids is 2. The third-order valence-corrected chi connectivity index (χ3v) is 26.0. The number of H-pyrrole nitrogens is 1. The van der Waals surface area contributed by atoms with Crippen LogP contribution in [0.2, 0.25) is 0 Å². The quantitative estimate of drug-likeness (QED) is 0.0204. The van der Waals surface area contributed by atoms with Crippen molar-refractivity contribution >= 4 is 118 Å². The van der Waals surface area contributed by atoms with Crippen LogP contribution >= 0.6 is 7.82 Å². The molecule has 22 N–H and O–H groups in total. The fraction of sp³-hybridized carbons (Fsp3) is 0.524. The van der Waals surface area contributed by atoms with Crippen LogP contribution in [0.5, 0.6) is 0 Å². The number of aryl methyl sites for hydroxylation is 2. The number of nitrogens with one attached hydrogen (secondary N) is 4. The van der Waals surface area contributed by atoms with Crippen LogP contribution in [0.4, 0.5) is 11.6 Å². The van der Waals surface area contributed by atoms with Gasteiger partial charge in [-0.15, -0.1) is 0 Å². The van der Waals surface area contributed by atoms with E-state index in [0.29, 0.717) is 67.8 Å². The molecule has 125 heavy (non-hydrogen) atoms. The first kappa shape index (κ1) is 98.9. The number of carbonyl (C=O) groups excluding carboxylic acids is 8. The number of nitrogens with zero attached hydrogens (tertiary/aromatic N) is 10. The molecule has 8 amide bonds. The first-order valence-corrected chi connectivity index (χ1v) is 41.5. The van der Waals surface area contributed by atoms with Crippen LogP contribution in [0.1, 0.15) is 179 Å². The number of aliphatic hydroxyl groups is 2. The number of nitrogens with two attached hydrogens (primary N) is 7. The van der Waals surface area contributed by atoms with Gasteiger partial charge in [-0.25, -0.2) is 19.7 Å². The number of imidazole rings is 1. The fourth-order valence-corrected chi connectivity index (χ4v) is 19.2. The van der Waals surface area contributed by atoms with Crippen LogP contribution in [0.25, 0.3) is 27.5 Å². The molecule has 674 valence electrons. The molecule has 0 saturated carbocycles. The average molecular weight is 1800 g/mol. The molecule has 5 aromatic rings. The minimum Gasteiger partial charge on any atom is -0.756 e. The molecule has 6 aliphatic rings. The van der Waals surface area contributed by atoms with E-state index >= 15 is 0 Å². The number of carbonyl (C=O) groups is 10. The first-order chi connectivity index (χ1) is 58.1. The molecule has 0 aliphatic carbocycles. The summed E-state index contributed by atoms with van der Waals surface area (Å²) in [5.74, 6) is -10.6. The molecular weight excluding hydrogens is 1690 g/mol. The third kappa shape index (κ3) is 21.5. The monoisotopic (exact) mass is 1800 g/mol. The molecule has 0 radical (unpaired) electrons. The van der Waals surface area contributed by atoms with Gasteiger partial charge in [-0.05, 0) is 149 Å². The topological polar surface area (TPSA) is 702 Å². The van der Waals surface area contributed by atoms with Crippen LogP contribution in [0.3, 0.4) is 0 Å². The summed E-state index contributed by atoms with van der Waals surface area (Å²) in [7, 11) is -5.32. The van der Waals surface area contributed by atoms with Gasteiger partial charge in [0.15, 0.2) is 17.4 Å². The number of aliphatic hydroxyl groups excluding tert-OH is 2. The summed E-state index contributed by atoms with van der Waals surface area (Å²) in [4.78, 5) is 188. The van der Waals surface area contributed by atoms with Crippen LogP contribution < -0.4 is 66.5 Å². The minimum atomic E-state index is -5.32. The molecule has 41 nitrogen and oxygen atoms in total. The summed E-state index contributed by atoms with van der Waals surface area (Å²) in [6, 6.07) is 7.52. The minimum absolute atomic E-state index is 0. The Labute approximate surface area is 729 Å². The van der Waals surface area contributed by atoms with E-state index in [1.807, 2.05) is 80.5 Å². The van der Waals surface area contributed by atoms with Crippen molar-refractivity contribution in [3.8, 4) is 0 Å². The van der Waals surface area contributed by atoms with Gasteiger partial charge >= 0.3 is 28.7 Å². The molecule has 2 unspecified atom stereocenters. The number of fused-ring (bicyclic) bond motifs is 8. The predicted octanol–water partition coefficient (Wildman–Crippen LogP) is 3.36. The zero-order chi connectivity index (χ0) is 92.0. The number of anilines is 2. The summed E-state index contributed by atoms with van der Waals surface area (Å²) >= 11 is 0. The van der Waals surface area contributed by atoms with Crippen molar-refractivity contribution in [1.82, 2.24) is 40.1 Å². The number of ether oxygens (including phenoxy) is 1. The predicted molar refractivity (Wildman–Crippen MR) is 448 cm³/mol. The summed E-state index contributed by atoms with van der Waals surface area (Å²) < 4.78 is 31.9. The molecule has 43 heteroatoms. The number of nitrogen functional groups attached to an aromatic ring is 1. The Morgan fingerprint density at radius 2 is 1.40 bits per heavy atom. The first-order valence-electron chi connectivity index (χ1n) is 40.1. The summed E-state index contributed by atoms with van der Waals surface area (Å²) in [5, 5.41) is 59.6. The van der Waals surface area contributed by atoms with Crippen molar-refractivity contribution in [2.75, 3.05) is 24.2 Å². The molecule has 0 spiro atoms. The number of aromatic amines is 1. The van der Waals surface area contributed by atoms with E-state index in [0.717, 1.165) is 11.1 Å². The van der Waals surface area contributed by atoms with Gasteiger partial charge in [-0.3, -0.25) is 72.5 Å². The van der Waals surface area contributed by atoms with E-state index in [-0.39, 0.29) is 136 Å².